The van der Waals surface area contributed by atoms with Crippen molar-refractivity contribution in [3.63, 3.8) is 0 Å². The molecule has 3 atom stereocenters. The van der Waals surface area contributed by atoms with Crippen molar-refractivity contribution in [2.24, 2.45) is 11.3 Å². The van der Waals surface area contributed by atoms with Gasteiger partial charge in [-0.3, -0.25) is 4.79 Å². The van der Waals surface area contributed by atoms with Crippen LogP contribution in [0.5, 0.6) is 0 Å². The average Bonchev–Trinajstić information content (AvgIpc) is 3.40. The average molecular weight is 445 g/mol. The van der Waals surface area contributed by atoms with Gasteiger partial charge in [-0.15, -0.1) is 6.58 Å². The number of aromatic nitrogens is 1. The van der Waals surface area contributed by atoms with E-state index >= 15 is 0 Å². The molecule has 0 spiro atoms. The fourth-order valence-corrected chi connectivity index (χ4v) is 5.41. The Labute approximate surface area is 189 Å². The Bertz CT molecular complexity index is 977. The van der Waals surface area contributed by atoms with E-state index in [-0.39, 0.29) is 23.8 Å². The molecule has 2 aromatic heterocycles. The van der Waals surface area contributed by atoms with Crippen molar-refractivity contribution in [1.82, 2.24) is 9.72 Å². The van der Waals surface area contributed by atoms with Gasteiger partial charge in [0, 0.05) is 31.0 Å². The van der Waals surface area contributed by atoms with E-state index in [4.69, 9.17) is 16.3 Å². The van der Waals surface area contributed by atoms with E-state index < -0.39 is 5.60 Å². The zero-order valence-corrected chi connectivity index (χ0v) is 19.3. The Hall–Kier alpha value is -1.82. The number of halogens is 1. The lowest BCUT2D eigenvalue weighted by atomic mass is 9.66. The maximum absolute atomic E-state index is 13.2. The van der Waals surface area contributed by atoms with E-state index in [1.54, 1.807) is 6.07 Å². The monoisotopic (exact) mass is 444 g/mol. The second kappa shape index (κ2) is 8.61. The molecule has 31 heavy (non-hydrogen) atoms. The Kier molecular flexibility index (Phi) is 6.21. The highest BCUT2D eigenvalue weighted by Crippen LogP contribution is 2.43. The summed E-state index contributed by atoms with van der Waals surface area (Å²) in [6, 6.07) is 5.63. The minimum Gasteiger partial charge on any atom is -0.388 e. The standard InChI is InChI=1S/C25H33ClN2O3/c1-4-24(2,3)18-7-5-10-25(30,14-18)16-27-23(29)19-13-21(17-9-12-31-15-17)28-11-6-8-20(26)22(19)28/h4,6,8,11,13,17-18,30H,1,5,7,9-10,12,14-16H2,2-3H3,(H,27,29). The van der Waals surface area contributed by atoms with Crippen LogP contribution >= 0.6 is 11.6 Å². The highest BCUT2D eigenvalue weighted by Gasteiger charge is 2.40. The largest absolute Gasteiger partial charge is 0.388 e. The smallest absolute Gasteiger partial charge is 0.253 e. The number of nitrogens with zero attached hydrogens (tertiary/aromatic N) is 1. The number of carbonyl (C=O) groups excluding carboxylic acids is 1. The van der Waals surface area contributed by atoms with Gasteiger partial charge in [0.2, 0.25) is 0 Å². The topological polar surface area (TPSA) is 63.0 Å². The van der Waals surface area contributed by atoms with Crippen molar-refractivity contribution in [3.05, 3.63) is 53.3 Å². The second-order valence-corrected chi connectivity index (χ2v) is 10.3. The van der Waals surface area contributed by atoms with Gasteiger partial charge in [-0.05, 0) is 55.2 Å². The molecule has 1 saturated carbocycles. The summed E-state index contributed by atoms with van der Waals surface area (Å²) in [4.78, 5) is 13.2. The van der Waals surface area contributed by atoms with E-state index in [0.29, 0.717) is 41.5 Å². The number of rotatable bonds is 6. The number of pyridine rings is 1. The molecule has 1 amide bonds. The lowest BCUT2D eigenvalue weighted by Gasteiger charge is -2.42. The first kappa shape index (κ1) is 22.4. The Morgan fingerprint density at radius 3 is 3.00 bits per heavy atom. The van der Waals surface area contributed by atoms with Crippen molar-refractivity contribution in [3.8, 4) is 0 Å². The number of ether oxygens (including phenoxy) is 1. The van der Waals surface area contributed by atoms with Crippen molar-refractivity contribution in [1.29, 1.82) is 0 Å². The van der Waals surface area contributed by atoms with Crippen LogP contribution in [0, 0.1) is 11.3 Å². The lowest BCUT2D eigenvalue weighted by molar-refractivity contribution is -0.0310. The van der Waals surface area contributed by atoms with Crippen LogP contribution in [0.2, 0.25) is 5.02 Å². The third kappa shape index (κ3) is 4.41. The molecule has 2 aliphatic rings. The third-order valence-corrected chi connectivity index (χ3v) is 7.65. The maximum atomic E-state index is 13.2. The van der Waals surface area contributed by atoms with Crippen LogP contribution in [0.1, 0.15) is 67.9 Å². The zero-order valence-electron chi connectivity index (χ0n) is 18.5. The molecule has 0 aromatic carbocycles. The highest BCUT2D eigenvalue weighted by atomic mass is 35.5. The number of amides is 1. The molecule has 3 heterocycles. The quantitative estimate of drug-likeness (QED) is 0.619. The summed E-state index contributed by atoms with van der Waals surface area (Å²) in [6.45, 7) is 9.92. The SMILES string of the molecule is C=CC(C)(C)C1CCCC(O)(CNC(=O)c2cc(C3CCOC3)n3cccc(Cl)c23)C1. The first-order valence-corrected chi connectivity index (χ1v) is 11.6. The van der Waals surface area contributed by atoms with Crippen molar-refractivity contribution in [2.45, 2.75) is 57.5 Å². The molecule has 6 heteroatoms. The molecule has 1 aliphatic heterocycles. The second-order valence-electron chi connectivity index (χ2n) is 9.84. The molecule has 2 fully saturated rings. The summed E-state index contributed by atoms with van der Waals surface area (Å²) in [6.07, 6.45) is 8.23. The van der Waals surface area contributed by atoms with Gasteiger partial charge in [-0.2, -0.15) is 0 Å². The molecular weight excluding hydrogens is 412 g/mol. The summed E-state index contributed by atoms with van der Waals surface area (Å²) in [5.41, 5.74) is 1.37. The van der Waals surface area contributed by atoms with Crippen molar-refractivity contribution >= 4 is 23.0 Å². The molecule has 5 nitrogen and oxygen atoms in total. The predicted molar refractivity (Wildman–Crippen MR) is 124 cm³/mol. The number of allylic oxidation sites excluding steroid dienone is 1. The molecule has 1 aliphatic carbocycles. The Balaban J connectivity index is 1.54. The predicted octanol–water partition coefficient (Wildman–Crippen LogP) is 4.96. The van der Waals surface area contributed by atoms with Gasteiger partial charge in [0.15, 0.2) is 0 Å². The van der Waals surface area contributed by atoms with Crippen LogP contribution in [0.25, 0.3) is 5.52 Å². The van der Waals surface area contributed by atoms with E-state index in [0.717, 1.165) is 31.6 Å². The molecule has 3 unspecified atom stereocenters. The van der Waals surface area contributed by atoms with Gasteiger partial charge in [0.05, 0.1) is 28.3 Å². The first-order chi connectivity index (χ1) is 14.7. The van der Waals surface area contributed by atoms with E-state index in [1.165, 1.54) is 0 Å². The molecule has 2 N–H and O–H groups in total. The fourth-order valence-electron chi connectivity index (χ4n) is 5.14. The summed E-state index contributed by atoms with van der Waals surface area (Å²) >= 11 is 6.50. The number of fused-ring (bicyclic) bond motifs is 1. The summed E-state index contributed by atoms with van der Waals surface area (Å²) in [5.74, 6) is 0.394. The van der Waals surface area contributed by atoms with E-state index in [9.17, 15) is 9.90 Å². The van der Waals surface area contributed by atoms with Crippen molar-refractivity contribution < 1.29 is 14.6 Å². The van der Waals surface area contributed by atoms with Crippen LogP contribution < -0.4 is 5.32 Å². The number of nitrogens with one attached hydrogen (secondary N) is 1. The molecule has 0 radical (unpaired) electrons. The van der Waals surface area contributed by atoms with Gasteiger partial charge in [0.25, 0.3) is 5.91 Å². The Morgan fingerprint density at radius 1 is 1.48 bits per heavy atom. The number of hydrogen-bond acceptors (Lipinski definition) is 3. The molecule has 1 saturated heterocycles. The van der Waals surface area contributed by atoms with Crippen molar-refractivity contribution in [2.75, 3.05) is 19.8 Å². The van der Waals surface area contributed by atoms with Crippen LogP contribution in [-0.2, 0) is 4.74 Å². The summed E-state index contributed by atoms with van der Waals surface area (Å²) in [7, 11) is 0. The van der Waals surface area contributed by atoms with Gasteiger partial charge < -0.3 is 19.6 Å². The summed E-state index contributed by atoms with van der Waals surface area (Å²) in [5, 5.41) is 14.8. The first-order valence-electron chi connectivity index (χ1n) is 11.3. The Morgan fingerprint density at radius 2 is 2.29 bits per heavy atom. The molecule has 0 bridgehead atoms. The number of hydrogen-bond donors (Lipinski definition) is 2. The third-order valence-electron chi connectivity index (χ3n) is 7.34. The molecule has 4 rings (SSSR count). The van der Waals surface area contributed by atoms with Gasteiger partial charge >= 0.3 is 0 Å². The summed E-state index contributed by atoms with van der Waals surface area (Å²) < 4.78 is 7.57. The van der Waals surface area contributed by atoms with Gasteiger partial charge in [0.1, 0.15) is 0 Å². The van der Waals surface area contributed by atoms with Crippen LogP contribution in [-0.4, -0.2) is 40.8 Å². The van der Waals surface area contributed by atoms with Crippen LogP contribution in [0.4, 0.5) is 0 Å². The number of carbonyl (C=O) groups is 1. The minimum atomic E-state index is -0.902. The van der Waals surface area contributed by atoms with E-state index in [2.05, 4.69) is 25.7 Å². The number of aliphatic hydroxyl groups is 1. The zero-order chi connectivity index (χ0) is 22.2. The maximum Gasteiger partial charge on any atom is 0.253 e. The highest BCUT2D eigenvalue weighted by molar-refractivity contribution is 6.34. The lowest BCUT2D eigenvalue weighted by Crippen LogP contribution is -2.48. The van der Waals surface area contributed by atoms with Gasteiger partial charge in [-0.25, -0.2) is 0 Å². The van der Waals surface area contributed by atoms with Crippen LogP contribution in [0.3, 0.4) is 0 Å². The molecule has 168 valence electrons. The van der Waals surface area contributed by atoms with Gasteiger partial charge in [-0.1, -0.05) is 37.9 Å². The minimum absolute atomic E-state index is 0.0390. The molecule has 2 aromatic rings. The van der Waals surface area contributed by atoms with E-state index in [1.807, 2.05) is 28.8 Å². The molecular formula is C25H33ClN2O3. The fraction of sp³-hybridized carbons (Fsp3) is 0.560. The normalized spacial score (nSPS) is 26.8. The van der Waals surface area contributed by atoms with Crippen LogP contribution in [0.15, 0.2) is 37.1 Å².